The van der Waals surface area contributed by atoms with Crippen LogP contribution in [0.1, 0.15) is 99.5 Å². The van der Waals surface area contributed by atoms with Crippen LogP contribution in [0.25, 0.3) is 0 Å². The number of benzene rings is 1. The van der Waals surface area contributed by atoms with Crippen LogP contribution in [0, 0.1) is 11.8 Å². The van der Waals surface area contributed by atoms with Gasteiger partial charge in [-0.3, -0.25) is 4.79 Å². The van der Waals surface area contributed by atoms with Crippen molar-refractivity contribution >= 4 is 5.97 Å². The van der Waals surface area contributed by atoms with E-state index in [2.05, 4.69) is 76.3 Å². The van der Waals surface area contributed by atoms with Crippen LogP contribution in [0.3, 0.4) is 0 Å². The Labute approximate surface area is 267 Å². The van der Waals surface area contributed by atoms with Gasteiger partial charge in [0.2, 0.25) is 0 Å². The van der Waals surface area contributed by atoms with Crippen molar-refractivity contribution in [1.82, 2.24) is 0 Å². The molecule has 7 nitrogen and oxygen atoms in total. The lowest BCUT2D eigenvalue weighted by Gasteiger charge is -2.26. The Balaban J connectivity index is 2.14. The van der Waals surface area contributed by atoms with Crippen LogP contribution in [-0.4, -0.2) is 62.3 Å². The predicted octanol–water partition coefficient (Wildman–Crippen LogP) is 8.21. The van der Waals surface area contributed by atoms with Crippen molar-refractivity contribution in [2.75, 3.05) is 13.2 Å². The molecule has 1 fully saturated rings. The molecule has 44 heavy (non-hydrogen) atoms. The van der Waals surface area contributed by atoms with Crippen LogP contribution >= 0.6 is 0 Å². The molecule has 1 aromatic rings. The van der Waals surface area contributed by atoms with Crippen LogP contribution in [-0.2, 0) is 39.6 Å². The molecule has 7 heteroatoms. The minimum atomic E-state index is -0.500. The van der Waals surface area contributed by atoms with Crippen molar-refractivity contribution in [2.24, 2.45) is 11.8 Å². The summed E-state index contributed by atoms with van der Waals surface area (Å²) in [6, 6.07) is 10.5. The molecule has 0 bridgehead atoms. The van der Waals surface area contributed by atoms with Gasteiger partial charge >= 0.3 is 5.97 Å². The highest BCUT2D eigenvalue weighted by atomic mass is 16.7. The summed E-state index contributed by atoms with van der Waals surface area (Å²) in [6.45, 7) is 17.1. The summed E-state index contributed by atoms with van der Waals surface area (Å²) in [6.07, 6.45) is 14.0. The lowest BCUT2D eigenvalue weighted by atomic mass is 9.89. The van der Waals surface area contributed by atoms with Gasteiger partial charge in [-0.15, -0.1) is 0 Å². The highest BCUT2D eigenvalue weighted by Gasteiger charge is 2.43. The summed E-state index contributed by atoms with van der Waals surface area (Å²) in [5, 5.41) is 0. The molecule has 0 aliphatic heterocycles. The fourth-order valence-corrected chi connectivity index (χ4v) is 5.85. The zero-order valence-electron chi connectivity index (χ0n) is 28.6. The highest BCUT2D eigenvalue weighted by molar-refractivity contribution is 5.69. The van der Waals surface area contributed by atoms with Crippen molar-refractivity contribution in [2.45, 2.75) is 143 Å². The summed E-state index contributed by atoms with van der Waals surface area (Å²) >= 11 is 0. The molecule has 0 radical (unpaired) electrons. The molecule has 0 spiro atoms. The van der Waals surface area contributed by atoms with E-state index < -0.39 is 6.29 Å². The van der Waals surface area contributed by atoms with Gasteiger partial charge in [0.25, 0.3) is 0 Å². The number of esters is 1. The maximum absolute atomic E-state index is 12.1. The second-order valence-corrected chi connectivity index (χ2v) is 12.1. The maximum atomic E-state index is 12.1. The summed E-state index contributed by atoms with van der Waals surface area (Å²) < 4.78 is 35.6. The first-order chi connectivity index (χ1) is 21.1. The van der Waals surface area contributed by atoms with Gasteiger partial charge in [-0.2, -0.15) is 0 Å². The fourth-order valence-electron chi connectivity index (χ4n) is 5.85. The van der Waals surface area contributed by atoms with E-state index in [-0.39, 0.29) is 54.6 Å². The third-order valence-corrected chi connectivity index (χ3v) is 7.66. The van der Waals surface area contributed by atoms with Gasteiger partial charge in [-0.05, 0) is 99.0 Å². The fraction of sp³-hybridized carbons (Fsp3) is 0.703. The minimum absolute atomic E-state index is 0.0644. The number of carbonyl (C=O) groups excluding carboxylic acids is 1. The van der Waals surface area contributed by atoms with Crippen molar-refractivity contribution in [3.8, 4) is 0 Å². The number of allylic oxidation sites excluding steroid dienone is 2. The van der Waals surface area contributed by atoms with Crippen LogP contribution in [0.5, 0.6) is 0 Å². The predicted molar refractivity (Wildman–Crippen MR) is 176 cm³/mol. The van der Waals surface area contributed by atoms with Gasteiger partial charge in [0.1, 0.15) is 0 Å². The van der Waals surface area contributed by atoms with Gasteiger partial charge < -0.3 is 28.4 Å². The van der Waals surface area contributed by atoms with Crippen molar-refractivity contribution in [3.63, 3.8) is 0 Å². The Morgan fingerprint density at radius 3 is 2.20 bits per heavy atom. The summed E-state index contributed by atoms with van der Waals surface area (Å²) in [4.78, 5) is 12.1. The second-order valence-electron chi connectivity index (χ2n) is 12.1. The Morgan fingerprint density at radius 2 is 1.55 bits per heavy atom. The number of rotatable bonds is 22. The zero-order valence-corrected chi connectivity index (χ0v) is 28.6. The normalized spacial score (nSPS) is 22.8. The topological polar surface area (TPSA) is 72.5 Å². The van der Waals surface area contributed by atoms with Crippen LogP contribution in [0.4, 0.5) is 0 Å². The molecular formula is C37H60O7. The minimum Gasteiger partial charge on any atom is -0.436 e. The van der Waals surface area contributed by atoms with Gasteiger partial charge in [-0.25, -0.2) is 0 Å². The molecule has 0 saturated heterocycles. The van der Waals surface area contributed by atoms with Gasteiger partial charge in [0.05, 0.1) is 30.5 Å². The Hall–Kier alpha value is -2.03. The lowest BCUT2D eigenvalue weighted by molar-refractivity contribution is -0.173. The monoisotopic (exact) mass is 616 g/mol. The molecule has 1 aliphatic rings. The average molecular weight is 617 g/mol. The smallest absolute Gasteiger partial charge is 0.308 e. The van der Waals surface area contributed by atoms with Crippen molar-refractivity contribution in [1.29, 1.82) is 0 Å². The Bertz CT molecular complexity index is 944. The number of unbranched alkanes of at least 4 members (excludes halogenated alkanes) is 1. The molecule has 1 aliphatic carbocycles. The van der Waals surface area contributed by atoms with E-state index in [1.165, 1.54) is 5.56 Å². The number of hydrogen-bond acceptors (Lipinski definition) is 7. The van der Waals surface area contributed by atoms with Gasteiger partial charge in [0, 0.05) is 32.0 Å². The zero-order chi connectivity index (χ0) is 32.3. The SMILES string of the molecule is CCOC(C)OC(=O)CCC/C=C\C[C@@H]1[C@@H](/C=C/[C@H](CCc2ccccc2)OC(C)OCC)[C@H](OC(C)C)C[C@@H]1OC(C)C. The lowest BCUT2D eigenvalue weighted by Crippen LogP contribution is -2.27. The Kier molecular flexibility index (Phi) is 18.8. The average Bonchev–Trinajstić information content (AvgIpc) is 3.26. The van der Waals surface area contributed by atoms with Gasteiger partial charge in [0.15, 0.2) is 12.6 Å². The summed E-state index contributed by atoms with van der Waals surface area (Å²) in [5.41, 5.74) is 1.30. The highest BCUT2D eigenvalue weighted by Crippen LogP contribution is 2.41. The van der Waals surface area contributed by atoms with Crippen LogP contribution in [0.15, 0.2) is 54.6 Å². The molecular weight excluding hydrogens is 556 g/mol. The van der Waals surface area contributed by atoms with E-state index >= 15 is 0 Å². The van der Waals surface area contributed by atoms with E-state index in [0.29, 0.717) is 19.6 Å². The standard InChI is InChI=1S/C37H60O7/c1-9-39-29(7)43-32(23-22-31-18-14-13-15-19-31)24-25-34-33(35(41-27(3)4)26-36(34)42-28(5)6)20-16-11-12-17-21-37(38)44-30(8)40-10-2/h11,13-16,18-19,24-25,27-30,32-36H,9-10,12,17,20-23,26H2,1-8H3/b16-11-,25-24+/t29?,30?,32-,33+,34+,35-,36+/m0/s1. The van der Waals surface area contributed by atoms with E-state index in [9.17, 15) is 4.79 Å². The molecule has 0 N–H and O–H groups in total. The number of carbonyl (C=O) groups is 1. The molecule has 0 aromatic heterocycles. The molecule has 2 unspecified atom stereocenters. The first-order valence-electron chi connectivity index (χ1n) is 16.9. The van der Waals surface area contributed by atoms with Crippen molar-refractivity contribution < 1.29 is 33.2 Å². The van der Waals surface area contributed by atoms with E-state index in [0.717, 1.165) is 38.5 Å². The van der Waals surface area contributed by atoms with Crippen LogP contribution < -0.4 is 0 Å². The molecule has 250 valence electrons. The third kappa shape index (κ3) is 15.3. The molecule has 2 rings (SSSR count). The van der Waals surface area contributed by atoms with Crippen molar-refractivity contribution in [3.05, 3.63) is 60.2 Å². The number of aryl methyl sites for hydroxylation is 1. The molecule has 1 saturated carbocycles. The number of ether oxygens (including phenoxy) is 6. The van der Waals surface area contributed by atoms with Crippen LogP contribution in [0.2, 0.25) is 0 Å². The molecule has 1 aromatic carbocycles. The second kappa shape index (κ2) is 21.7. The third-order valence-electron chi connectivity index (χ3n) is 7.66. The first-order valence-corrected chi connectivity index (χ1v) is 16.9. The molecule has 0 amide bonds. The summed E-state index contributed by atoms with van der Waals surface area (Å²) in [7, 11) is 0. The van der Waals surface area contributed by atoms with E-state index in [1.807, 2.05) is 26.8 Å². The first kappa shape index (κ1) is 38.2. The maximum Gasteiger partial charge on any atom is 0.308 e. The van der Waals surface area contributed by atoms with E-state index in [1.54, 1.807) is 6.92 Å². The summed E-state index contributed by atoms with van der Waals surface area (Å²) in [5.74, 6) is 0.234. The quantitative estimate of drug-likeness (QED) is 0.0563. The number of hydrogen-bond donors (Lipinski definition) is 0. The van der Waals surface area contributed by atoms with Gasteiger partial charge in [-0.1, -0.05) is 54.6 Å². The molecule has 7 atom stereocenters. The largest absolute Gasteiger partial charge is 0.436 e. The van der Waals surface area contributed by atoms with E-state index in [4.69, 9.17) is 28.4 Å². The molecule has 0 heterocycles. The Morgan fingerprint density at radius 1 is 0.886 bits per heavy atom.